The molecule has 0 atom stereocenters. The van der Waals surface area contributed by atoms with E-state index in [1.54, 1.807) is 18.5 Å². The fourth-order valence-electron chi connectivity index (χ4n) is 3.32. The molecular formula is C19H26N4O4S. The number of nitrogens with two attached hydrogens (primary N) is 1. The summed E-state index contributed by atoms with van der Waals surface area (Å²) in [5, 5.41) is 1.90. The van der Waals surface area contributed by atoms with Crippen LogP contribution in [-0.4, -0.2) is 69.3 Å². The normalized spacial score (nSPS) is 16.0. The molecule has 0 aliphatic carbocycles. The molecule has 152 valence electrons. The van der Waals surface area contributed by atoms with Crippen LogP contribution in [0.15, 0.2) is 30.6 Å². The van der Waals surface area contributed by atoms with Crippen molar-refractivity contribution in [2.24, 2.45) is 5.73 Å². The van der Waals surface area contributed by atoms with Gasteiger partial charge in [0, 0.05) is 49.7 Å². The van der Waals surface area contributed by atoms with Gasteiger partial charge in [0.25, 0.3) is 0 Å². The third kappa shape index (κ3) is 4.60. The van der Waals surface area contributed by atoms with E-state index >= 15 is 0 Å². The van der Waals surface area contributed by atoms with Gasteiger partial charge in [-0.25, -0.2) is 12.7 Å². The summed E-state index contributed by atoms with van der Waals surface area (Å²) in [6.07, 6.45) is 5.21. The molecule has 1 saturated heterocycles. The molecular weight excluding hydrogens is 380 g/mol. The van der Waals surface area contributed by atoms with Gasteiger partial charge in [0.05, 0.1) is 30.3 Å². The Balaban J connectivity index is 1.64. The van der Waals surface area contributed by atoms with Gasteiger partial charge in [-0.3, -0.25) is 9.78 Å². The van der Waals surface area contributed by atoms with Crippen molar-refractivity contribution in [1.29, 1.82) is 0 Å². The highest BCUT2D eigenvalue weighted by Gasteiger charge is 2.22. The standard InChI is InChI=1S/C19H26N4O4S/c1-22(2)28(25,26)10-9-27-16-5-7-23(8-6-16)18-13-21-12-15-4-3-14(19(20)24)11-17(15)18/h3-4,11-13,16H,5-10H2,1-2H3,(H2,20,24). The number of anilines is 1. The summed E-state index contributed by atoms with van der Waals surface area (Å²) in [5.74, 6) is -0.465. The fourth-order valence-corrected chi connectivity index (χ4v) is 3.99. The SMILES string of the molecule is CN(C)S(=O)(=O)CCOC1CCN(c2cncc3ccc(C(N)=O)cc23)CC1. The number of piperidine rings is 1. The lowest BCUT2D eigenvalue weighted by atomic mass is 10.0. The minimum atomic E-state index is -3.24. The number of hydrogen-bond acceptors (Lipinski definition) is 6. The average molecular weight is 407 g/mol. The van der Waals surface area contributed by atoms with Crippen molar-refractivity contribution >= 4 is 32.4 Å². The summed E-state index contributed by atoms with van der Waals surface area (Å²) < 4.78 is 30.6. The molecule has 1 aromatic carbocycles. The van der Waals surface area contributed by atoms with E-state index in [9.17, 15) is 13.2 Å². The molecule has 1 aromatic heterocycles. The average Bonchev–Trinajstić information content (AvgIpc) is 2.67. The van der Waals surface area contributed by atoms with Gasteiger partial charge in [-0.05, 0) is 25.0 Å². The number of carbonyl (C=O) groups is 1. The summed E-state index contributed by atoms with van der Waals surface area (Å²) in [6.45, 7) is 1.74. The lowest BCUT2D eigenvalue weighted by Crippen LogP contribution is -2.38. The number of aromatic nitrogens is 1. The van der Waals surface area contributed by atoms with E-state index in [1.807, 2.05) is 12.1 Å². The predicted molar refractivity (Wildman–Crippen MR) is 109 cm³/mol. The second-order valence-corrected chi connectivity index (χ2v) is 9.42. The maximum atomic E-state index is 11.8. The molecule has 1 aliphatic heterocycles. The second-order valence-electron chi connectivity index (χ2n) is 7.11. The van der Waals surface area contributed by atoms with Gasteiger partial charge < -0.3 is 15.4 Å². The number of pyridine rings is 1. The molecule has 2 aromatic rings. The van der Waals surface area contributed by atoms with Crippen LogP contribution in [0, 0.1) is 0 Å². The van der Waals surface area contributed by atoms with Crippen LogP contribution in [0.4, 0.5) is 5.69 Å². The summed E-state index contributed by atoms with van der Waals surface area (Å²) in [7, 11) is -0.189. The maximum absolute atomic E-state index is 11.8. The molecule has 0 unspecified atom stereocenters. The molecule has 0 radical (unpaired) electrons. The molecule has 8 nitrogen and oxygen atoms in total. The van der Waals surface area contributed by atoms with E-state index in [0.717, 1.165) is 42.4 Å². The van der Waals surface area contributed by atoms with Crippen molar-refractivity contribution in [3.8, 4) is 0 Å². The quantitative estimate of drug-likeness (QED) is 0.741. The first-order valence-electron chi connectivity index (χ1n) is 9.22. The monoisotopic (exact) mass is 406 g/mol. The van der Waals surface area contributed by atoms with Crippen molar-refractivity contribution < 1.29 is 17.9 Å². The lowest BCUT2D eigenvalue weighted by Gasteiger charge is -2.34. The number of primary amides is 1. The smallest absolute Gasteiger partial charge is 0.248 e. The van der Waals surface area contributed by atoms with Gasteiger partial charge >= 0.3 is 0 Å². The first-order valence-corrected chi connectivity index (χ1v) is 10.8. The number of carbonyl (C=O) groups excluding carboxylic acids is 1. The minimum absolute atomic E-state index is 0.0106. The highest BCUT2D eigenvalue weighted by molar-refractivity contribution is 7.89. The van der Waals surface area contributed by atoms with Gasteiger partial charge in [0.1, 0.15) is 0 Å². The van der Waals surface area contributed by atoms with Gasteiger partial charge in [0.15, 0.2) is 0 Å². The molecule has 1 amide bonds. The van der Waals surface area contributed by atoms with E-state index in [-0.39, 0.29) is 18.5 Å². The Morgan fingerprint density at radius 3 is 2.64 bits per heavy atom. The van der Waals surface area contributed by atoms with Crippen molar-refractivity contribution in [3.63, 3.8) is 0 Å². The number of amides is 1. The Hall–Kier alpha value is -2.23. The summed E-state index contributed by atoms with van der Waals surface area (Å²) in [5.41, 5.74) is 6.86. The summed E-state index contributed by atoms with van der Waals surface area (Å²) in [6, 6.07) is 5.37. The summed E-state index contributed by atoms with van der Waals surface area (Å²) in [4.78, 5) is 18.1. The first-order chi connectivity index (χ1) is 13.3. The van der Waals surface area contributed by atoms with Crippen LogP contribution in [-0.2, 0) is 14.8 Å². The molecule has 9 heteroatoms. The number of nitrogens with zero attached hydrogens (tertiary/aromatic N) is 3. The predicted octanol–water partition coefficient (Wildman–Crippen LogP) is 1.21. The van der Waals surface area contributed by atoms with E-state index < -0.39 is 15.9 Å². The van der Waals surface area contributed by atoms with Gasteiger partial charge in [-0.1, -0.05) is 6.07 Å². The first kappa shape index (κ1) is 20.5. The van der Waals surface area contributed by atoms with Crippen LogP contribution < -0.4 is 10.6 Å². The molecule has 0 bridgehead atoms. The number of ether oxygens (including phenoxy) is 1. The van der Waals surface area contributed by atoms with Gasteiger partial charge in [-0.2, -0.15) is 0 Å². The lowest BCUT2D eigenvalue weighted by molar-refractivity contribution is 0.0468. The Morgan fingerprint density at radius 1 is 1.29 bits per heavy atom. The number of rotatable bonds is 7. The van der Waals surface area contributed by atoms with Crippen LogP contribution >= 0.6 is 0 Å². The Bertz CT molecular complexity index is 954. The van der Waals surface area contributed by atoms with Crippen LogP contribution in [0.3, 0.4) is 0 Å². The molecule has 28 heavy (non-hydrogen) atoms. The highest BCUT2D eigenvalue weighted by Crippen LogP contribution is 2.29. The Kier molecular flexibility index (Phi) is 6.17. The van der Waals surface area contributed by atoms with Crippen LogP contribution in [0.25, 0.3) is 10.8 Å². The third-order valence-electron chi connectivity index (χ3n) is 5.06. The van der Waals surface area contributed by atoms with Crippen molar-refractivity contribution in [2.45, 2.75) is 18.9 Å². The summed E-state index contributed by atoms with van der Waals surface area (Å²) >= 11 is 0. The molecule has 1 fully saturated rings. The zero-order valence-electron chi connectivity index (χ0n) is 16.2. The second kappa shape index (κ2) is 8.42. The number of benzene rings is 1. The Morgan fingerprint density at radius 2 is 2.00 bits per heavy atom. The minimum Gasteiger partial charge on any atom is -0.377 e. The topological polar surface area (TPSA) is 106 Å². The van der Waals surface area contributed by atoms with Crippen LogP contribution in [0.1, 0.15) is 23.2 Å². The molecule has 1 aliphatic rings. The largest absolute Gasteiger partial charge is 0.377 e. The third-order valence-corrected chi connectivity index (χ3v) is 6.85. The molecule has 0 spiro atoms. The molecule has 2 N–H and O–H groups in total. The number of fused-ring (bicyclic) bond motifs is 1. The van der Waals surface area contributed by atoms with Crippen LogP contribution in [0.2, 0.25) is 0 Å². The highest BCUT2D eigenvalue weighted by atomic mass is 32.2. The van der Waals surface area contributed by atoms with Gasteiger partial charge in [-0.15, -0.1) is 0 Å². The Labute approximate surface area is 165 Å². The zero-order chi connectivity index (χ0) is 20.3. The van der Waals surface area contributed by atoms with E-state index in [1.165, 1.54) is 18.4 Å². The van der Waals surface area contributed by atoms with Crippen LogP contribution in [0.5, 0.6) is 0 Å². The zero-order valence-corrected chi connectivity index (χ0v) is 17.0. The van der Waals surface area contributed by atoms with E-state index in [0.29, 0.717) is 5.56 Å². The van der Waals surface area contributed by atoms with E-state index in [2.05, 4.69) is 9.88 Å². The van der Waals surface area contributed by atoms with Crippen molar-refractivity contribution in [2.75, 3.05) is 44.4 Å². The molecule has 3 rings (SSSR count). The molecule has 0 saturated carbocycles. The van der Waals surface area contributed by atoms with Crippen molar-refractivity contribution in [3.05, 3.63) is 36.2 Å². The fraction of sp³-hybridized carbons (Fsp3) is 0.474. The maximum Gasteiger partial charge on any atom is 0.248 e. The molecule has 2 heterocycles. The van der Waals surface area contributed by atoms with Gasteiger partial charge in [0.2, 0.25) is 15.9 Å². The number of hydrogen-bond donors (Lipinski definition) is 1. The van der Waals surface area contributed by atoms with E-state index in [4.69, 9.17) is 10.5 Å². The van der Waals surface area contributed by atoms with Crippen molar-refractivity contribution in [1.82, 2.24) is 9.29 Å². The number of sulfonamides is 1.